The van der Waals surface area contributed by atoms with Crippen molar-refractivity contribution >= 4 is 28.4 Å². The number of aliphatic hydroxyl groups is 2. The molecule has 1 unspecified atom stereocenters. The Kier molecular flexibility index (Phi) is 12.0. The minimum atomic E-state index is -1.10. The zero-order valence-electron chi connectivity index (χ0n) is 26.1. The van der Waals surface area contributed by atoms with E-state index in [4.69, 9.17) is 14.5 Å². The van der Waals surface area contributed by atoms with E-state index in [1.165, 1.54) is 6.38 Å². The van der Waals surface area contributed by atoms with Gasteiger partial charge in [0.15, 0.2) is 6.61 Å². The summed E-state index contributed by atoms with van der Waals surface area (Å²) >= 11 is 4.64. The smallest absolute Gasteiger partial charge is 0.266 e. The fraction of sp³-hybridized carbons (Fsp3) is 0.382. The number of rotatable bonds is 10. The van der Waals surface area contributed by atoms with Crippen LogP contribution in [0, 0.1) is 6.92 Å². The second-order valence-electron chi connectivity index (χ2n) is 11.0. The predicted molar refractivity (Wildman–Crippen MR) is 175 cm³/mol. The van der Waals surface area contributed by atoms with Gasteiger partial charge in [-0.05, 0) is 62.7 Å². The Balaban J connectivity index is 0.00000226. The average Bonchev–Trinajstić information content (AvgIpc) is 3.05. The number of ether oxygens (including phenoxy) is 2. The molecule has 1 fully saturated rings. The lowest BCUT2D eigenvalue weighted by Crippen LogP contribution is -2.50. The van der Waals surface area contributed by atoms with Crippen LogP contribution in [0.15, 0.2) is 71.5 Å². The van der Waals surface area contributed by atoms with Crippen molar-refractivity contribution < 1.29 is 24.5 Å². The molecule has 1 saturated heterocycles. The number of halogens is 1. The molecule has 0 aliphatic carbocycles. The Labute approximate surface area is 268 Å². The van der Waals surface area contributed by atoms with Crippen LogP contribution in [0.3, 0.4) is 0 Å². The van der Waals surface area contributed by atoms with E-state index in [1.54, 1.807) is 27.7 Å². The maximum Gasteiger partial charge on any atom is 0.266 e. The third-order valence-corrected chi connectivity index (χ3v) is 7.46. The van der Waals surface area contributed by atoms with Gasteiger partial charge >= 0.3 is 0 Å². The SMILES string of the molecule is CCl.Cc1ccc(OCC(=O)N2CCN(Cc3nc4ccc(C(O)CO)cc4c(=O)n3-c3ccccc3OC(C)C)CC2)cc1. The molecule has 45 heavy (non-hydrogen) atoms. The summed E-state index contributed by atoms with van der Waals surface area (Å²) < 4.78 is 13.3. The standard InChI is InChI=1S/C33H38N4O6.CH3Cl/c1-22(2)43-30-7-5-4-6-28(30)37-31(34-27-13-10-24(29(39)20-38)18-26(27)33(37)41)19-35-14-16-36(17-15-35)32(40)21-42-25-11-8-23(3)9-12-25;1-2/h4-13,18,22,29,38-39H,14-17,19-21H2,1-3H3;1H3. The summed E-state index contributed by atoms with van der Waals surface area (Å²) in [7, 11) is 0. The van der Waals surface area contributed by atoms with Gasteiger partial charge in [-0.1, -0.05) is 35.9 Å². The summed E-state index contributed by atoms with van der Waals surface area (Å²) in [6, 6.07) is 19.9. The molecule has 1 atom stereocenters. The number of amides is 1. The molecule has 0 radical (unpaired) electrons. The molecule has 1 aliphatic heterocycles. The van der Waals surface area contributed by atoms with E-state index in [1.807, 2.05) is 69.3 Å². The molecular weight excluding hydrogens is 596 g/mol. The van der Waals surface area contributed by atoms with Gasteiger partial charge in [-0.3, -0.25) is 19.1 Å². The van der Waals surface area contributed by atoms with Crippen LogP contribution in [-0.4, -0.2) is 87.4 Å². The summed E-state index contributed by atoms with van der Waals surface area (Å²) in [5.41, 5.74) is 2.33. The number of fused-ring (bicyclic) bond motifs is 1. The first kappa shape index (κ1) is 33.9. The molecule has 4 aromatic rings. The first-order valence-electron chi connectivity index (χ1n) is 14.9. The van der Waals surface area contributed by atoms with E-state index in [9.17, 15) is 19.8 Å². The molecule has 3 aromatic carbocycles. The molecule has 1 aromatic heterocycles. The van der Waals surface area contributed by atoms with Crippen LogP contribution in [0.5, 0.6) is 11.5 Å². The van der Waals surface area contributed by atoms with Crippen LogP contribution in [-0.2, 0) is 11.3 Å². The van der Waals surface area contributed by atoms with E-state index >= 15 is 0 Å². The number of aromatic nitrogens is 2. The lowest BCUT2D eigenvalue weighted by Gasteiger charge is -2.34. The maximum absolute atomic E-state index is 14.1. The van der Waals surface area contributed by atoms with E-state index < -0.39 is 12.7 Å². The molecule has 240 valence electrons. The summed E-state index contributed by atoms with van der Waals surface area (Å²) in [4.78, 5) is 35.8. The van der Waals surface area contributed by atoms with Gasteiger partial charge < -0.3 is 24.6 Å². The molecular formula is C34H41ClN4O6. The minimum Gasteiger partial charge on any atom is -0.489 e. The van der Waals surface area contributed by atoms with Crippen molar-refractivity contribution in [2.45, 2.75) is 39.5 Å². The fourth-order valence-corrected chi connectivity index (χ4v) is 5.14. The van der Waals surface area contributed by atoms with Crippen LogP contribution < -0.4 is 15.0 Å². The predicted octanol–water partition coefficient (Wildman–Crippen LogP) is 4.09. The first-order valence-corrected chi connectivity index (χ1v) is 15.7. The monoisotopic (exact) mass is 636 g/mol. The van der Waals surface area contributed by atoms with Crippen molar-refractivity contribution in [3.8, 4) is 17.2 Å². The highest BCUT2D eigenvalue weighted by molar-refractivity contribution is 6.15. The largest absolute Gasteiger partial charge is 0.489 e. The topological polar surface area (TPSA) is 117 Å². The van der Waals surface area contributed by atoms with Crippen LogP contribution in [0.1, 0.15) is 36.9 Å². The lowest BCUT2D eigenvalue weighted by atomic mass is 10.1. The van der Waals surface area contributed by atoms with Crippen LogP contribution >= 0.6 is 11.6 Å². The molecule has 0 saturated carbocycles. The number of piperazine rings is 1. The molecule has 1 amide bonds. The van der Waals surface area contributed by atoms with Crippen molar-refractivity contribution in [3.63, 3.8) is 0 Å². The Morgan fingerprint density at radius 1 is 1.00 bits per heavy atom. The Bertz CT molecular complexity index is 1630. The zero-order chi connectivity index (χ0) is 32.5. The van der Waals surface area contributed by atoms with Gasteiger partial charge in [-0.2, -0.15) is 0 Å². The fourth-order valence-electron chi connectivity index (χ4n) is 5.14. The normalized spacial score (nSPS) is 14.2. The number of carbonyl (C=O) groups excluding carboxylic acids is 1. The number of nitrogens with zero attached hydrogens (tertiary/aromatic N) is 4. The summed E-state index contributed by atoms with van der Waals surface area (Å²) in [5, 5.41) is 20.0. The van der Waals surface area contributed by atoms with Gasteiger partial charge in [0.2, 0.25) is 0 Å². The van der Waals surface area contributed by atoms with Crippen molar-refractivity contribution in [1.29, 1.82) is 0 Å². The van der Waals surface area contributed by atoms with Crippen LogP contribution in [0.4, 0.5) is 0 Å². The van der Waals surface area contributed by atoms with Crippen molar-refractivity contribution in [2.24, 2.45) is 0 Å². The number of para-hydroxylation sites is 2. The molecule has 11 heteroatoms. The molecule has 1 aliphatic rings. The second kappa shape index (κ2) is 15.9. The van der Waals surface area contributed by atoms with Gasteiger partial charge in [0, 0.05) is 32.6 Å². The Morgan fingerprint density at radius 2 is 1.69 bits per heavy atom. The van der Waals surface area contributed by atoms with E-state index in [0.717, 1.165) is 5.56 Å². The molecule has 0 spiro atoms. The van der Waals surface area contributed by atoms with Gasteiger partial charge in [0.25, 0.3) is 11.5 Å². The molecule has 2 heterocycles. The van der Waals surface area contributed by atoms with Gasteiger partial charge in [0.1, 0.15) is 23.4 Å². The zero-order valence-corrected chi connectivity index (χ0v) is 26.9. The summed E-state index contributed by atoms with van der Waals surface area (Å²) in [6.07, 6.45) is 0.260. The van der Waals surface area contributed by atoms with Gasteiger partial charge in [-0.25, -0.2) is 4.98 Å². The van der Waals surface area contributed by atoms with E-state index in [-0.39, 0.29) is 24.2 Å². The first-order chi connectivity index (χ1) is 21.7. The van der Waals surface area contributed by atoms with Crippen molar-refractivity contribution in [3.05, 3.63) is 94.0 Å². The lowest BCUT2D eigenvalue weighted by molar-refractivity contribution is -0.135. The average molecular weight is 637 g/mol. The number of aryl methyl sites for hydroxylation is 1. The highest BCUT2D eigenvalue weighted by Crippen LogP contribution is 2.26. The molecule has 10 nitrogen and oxygen atoms in total. The minimum absolute atomic E-state index is 0.0194. The number of carbonyl (C=O) groups is 1. The number of hydrogen-bond donors (Lipinski definition) is 2. The third-order valence-electron chi connectivity index (χ3n) is 7.46. The van der Waals surface area contributed by atoms with E-state index in [2.05, 4.69) is 16.5 Å². The van der Waals surface area contributed by atoms with Crippen molar-refractivity contribution in [2.75, 3.05) is 45.8 Å². The number of hydrogen-bond acceptors (Lipinski definition) is 8. The van der Waals surface area contributed by atoms with Gasteiger partial charge in [-0.15, -0.1) is 11.6 Å². The quantitative estimate of drug-likeness (QED) is 0.250. The molecule has 5 rings (SSSR count). The van der Waals surface area contributed by atoms with Gasteiger partial charge in [0.05, 0.1) is 35.8 Å². The number of aliphatic hydroxyl groups excluding tert-OH is 2. The summed E-state index contributed by atoms with van der Waals surface area (Å²) in [5.74, 6) is 1.69. The van der Waals surface area contributed by atoms with Crippen molar-refractivity contribution in [1.82, 2.24) is 19.4 Å². The Morgan fingerprint density at radius 3 is 2.36 bits per heavy atom. The molecule has 0 bridgehead atoms. The Hall–Kier alpha value is -3.96. The van der Waals surface area contributed by atoms with Crippen LogP contribution in [0.2, 0.25) is 0 Å². The molecule has 2 N–H and O–H groups in total. The third kappa shape index (κ3) is 8.40. The van der Waals surface area contributed by atoms with E-state index in [0.29, 0.717) is 72.2 Å². The summed E-state index contributed by atoms with van der Waals surface area (Å²) in [6.45, 7) is 8.03. The van der Waals surface area contributed by atoms with Crippen LogP contribution in [0.25, 0.3) is 16.6 Å². The maximum atomic E-state index is 14.1. The second-order valence-corrected chi connectivity index (χ2v) is 11.0. The number of alkyl halides is 1. The highest BCUT2D eigenvalue weighted by Gasteiger charge is 2.25. The number of benzene rings is 3. The highest BCUT2D eigenvalue weighted by atomic mass is 35.5.